The van der Waals surface area contributed by atoms with Crippen molar-refractivity contribution in [2.24, 2.45) is 0 Å². The van der Waals surface area contributed by atoms with Crippen molar-refractivity contribution in [2.75, 3.05) is 40.5 Å². The second-order valence-electron chi connectivity index (χ2n) is 5.17. The molecular weight excluding hydrogens is 364 g/mol. The van der Waals surface area contributed by atoms with Gasteiger partial charge in [-0.15, -0.1) is 0 Å². The van der Waals surface area contributed by atoms with Gasteiger partial charge in [-0.1, -0.05) is 0 Å². The molecule has 1 aromatic carbocycles. The van der Waals surface area contributed by atoms with Gasteiger partial charge in [-0.05, 0) is 22.0 Å². The van der Waals surface area contributed by atoms with Crippen LogP contribution in [0.4, 0.5) is 0 Å². The predicted molar refractivity (Wildman–Crippen MR) is 87.6 cm³/mol. The molecule has 2 aliphatic rings. The summed E-state index contributed by atoms with van der Waals surface area (Å²) in [4.78, 5) is 2.10. The van der Waals surface area contributed by atoms with Gasteiger partial charge in [0.25, 0.3) is 0 Å². The molecule has 0 radical (unpaired) electrons. The first-order valence-corrected chi connectivity index (χ1v) is 8.03. The topological polar surface area (TPSA) is 63.9 Å². The summed E-state index contributed by atoms with van der Waals surface area (Å²) in [7, 11) is 3.17. The van der Waals surface area contributed by atoms with Crippen molar-refractivity contribution in [3.05, 3.63) is 21.7 Å². The summed E-state index contributed by atoms with van der Waals surface area (Å²) >= 11 is 3.52. The monoisotopic (exact) mass is 380 g/mol. The highest BCUT2D eigenvalue weighted by Gasteiger charge is 2.33. The Morgan fingerprint density at radius 3 is 2.57 bits per heavy atom. The van der Waals surface area contributed by atoms with Gasteiger partial charge in [0.05, 0.1) is 38.6 Å². The van der Waals surface area contributed by atoms with E-state index < -0.39 is 6.23 Å². The van der Waals surface area contributed by atoms with Crippen molar-refractivity contribution >= 4 is 22.0 Å². The molecule has 7 heteroatoms. The summed E-state index contributed by atoms with van der Waals surface area (Å²) in [5, 5.41) is 9.52. The standard InChI is InChI=1S/C16H17BrN2O4/c1-20-12-8-13(21-2)14(17)15-11(12)7-10(9-18)16(23-15)19-3-5-22-6-4-19/h7-8,16H,3-6H2,1-2H3. The van der Waals surface area contributed by atoms with E-state index in [4.69, 9.17) is 18.9 Å². The fraction of sp³-hybridized carbons (Fsp3) is 0.438. The zero-order chi connectivity index (χ0) is 16.4. The van der Waals surface area contributed by atoms with Gasteiger partial charge in [0.1, 0.15) is 22.0 Å². The van der Waals surface area contributed by atoms with Crippen LogP contribution in [-0.2, 0) is 4.74 Å². The maximum absolute atomic E-state index is 9.52. The van der Waals surface area contributed by atoms with Crippen molar-refractivity contribution in [3.63, 3.8) is 0 Å². The minimum atomic E-state index is -0.426. The highest BCUT2D eigenvalue weighted by molar-refractivity contribution is 9.10. The highest BCUT2D eigenvalue weighted by Crippen LogP contribution is 2.47. The molecule has 0 spiro atoms. The van der Waals surface area contributed by atoms with Crippen LogP contribution in [0.25, 0.3) is 6.08 Å². The molecule has 122 valence electrons. The van der Waals surface area contributed by atoms with Crippen molar-refractivity contribution in [1.29, 1.82) is 5.26 Å². The molecule has 1 fully saturated rings. The van der Waals surface area contributed by atoms with Crippen LogP contribution in [0.15, 0.2) is 16.1 Å². The largest absolute Gasteiger partial charge is 0.496 e. The number of morpholine rings is 1. The Morgan fingerprint density at radius 2 is 1.96 bits per heavy atom. The van der Waals surface area contributed by atoms with Crippen LogP contribution in [0.3, 0.4) is 0 Å². The molecular formula is C16H17BrN2O4. The summed E-state index contributed by atoms with van der Waals surface area (Å²) in [5.74, 6) is 1.85. The van der Waals surface area contributed by atoms with Crippen molar-refractivity contribution in [2.45, 2.75) is 6.23 Å². The molecule has 2 aliphatic heterocycles. The average molecular weight is 381 g/mol. The van der Waals surface area contributed by atoms with Crippen molar-refractivity contribution < 1.29 is 18.9 Å². The third kappa shape index (κ3) is 2.90. The lowest BCUT2D eigenvalue weighted by Gasteiger charge is -2.36. The average Bonchev–Trinajstić information content (AvgIpc) is 2.62. The van der Waals surface area contributed by atoms with Gasteiger partial charge >= 0.3 is 0 Å². The molecule has 0 N–H and O–H groups in total. The number of hydrogen-bond acceptors (Lipinski definition) is 6. The van der Waals surface area contributed by atoms with Crippen LogP contribution in [0.1, 0.15) is 5.56 Å². The number of nitrogens with zero attached hydrogens (tertiary/aromatic N) is 2. The Hall–Kier alpha value is -1.75. The van der Waals surface area contributed by atoms with Crippen molar-refractivity contribution in [1.82, 2.24) is 4.90 Å². The van der Waals surface area contributed by atoms with Gasteiger partial charge in [0.15, 0.2) is 12.0 Å². The molecule has 3 rings (SSSR count). The van der Waals surface area contributed by atoms with Gasteiger partial charge < -0.3 is 18.9 Å². The van der Waals surface area contributed by atoms with Crippen LogP contribution >= 0.6 is 15.9 Å². The first-order valence-electron chi connectivity index (χ1n) is 7.24. The lowest BCUT2D eigenvalue weighted by atomic mass is 10.0. The normalized spacial score (nSPS) is 20.8. The molecule has 0 aromatic heterocycles. The number of halogens is 1. The molecule has 6 nitrogen and oxygen atoms in total. The number of rotatable bonds is 3. The van der Waals surface area contributed by atoms with Crippen LogP contribution in [0, 0.1) is 11.3 Å². The summed E-state index contributed by atoms with van der Waals surface area (Å²) < 4.78 is 23.0. The number of hydrogen-bond donors (Lipinski definition) is 0. The van der Waals surface area contributed by atoms with E-state index in [2.05, 4.69) is 26.9 Å². The van der Waals surface area contributed by atoms with E-state index in [0.717, 1.165) is 18.7 Å². The van der Waals surface area contributed by atoms with E-state index in [0.29, 0.717) is 40.5 Å². The molecule has 1 atom stereocenters. The van der Waals surface area contributed by atoms with Crippen molar-refractivity contribution in [3.8, 4) is 23.3 Å². The summed E-state index contributed by atoms with van der Waals surface area (Å²) in [6.45, 7) is 2.71. The first kappa shape index (κ1) is 16.1. The second kappa shape index (κ2) is 6.79. The predicted octanol–water partition coefficient (Wildman–Crippen LogP) is 2.42. The molecule has 0 saturated carbocycles. The Labute approximate surface area is 143 Å². The Balaban J connectivity index is 2.07. The van der Waals surface area contributed by atoms with Gasteiger partial charge in [-0.2, -0.15) is 5.26 Å². The Kier molecular flexibility index (Phi) is 4.76. The molecule has 0 bridgehead atoms. The smallest absolute Gasteiger partial charge is 0.189 e. The summed E-state index contributed by atoms with van der Waals surface area (Å²) in [6, 6.07) is 4.01. The third-order valence-electron chi connectivity index (χ3n) is 3.93. The lowest BCUT2D eigenvalue weighted by molar-refractivity contribution is -0.0293. The Morgan fingerprint density at radius 1 is 1.26 bits per heavy atom. The fourth-order valence-electron chi connectivity index (χ4n) is 2.74. The maximum atomic E-state index is 9.52. The number of benzene rings is 1. The minimum Gasteiger partial charge on any atom is -0.496 e. The van der Waals surface area contributed by atoms with E-state index in [1.54, 1.807) is 20.3 Å². The van der Waals surface area contributed by atoms with Crippen LogP contribution in [-0.4, -0.2) is 51.7 Å². The SMILES string of the molecule is COc1cc(OC)c2c(c1Br)OC(N1CCOCC1)C(C#N)=C2. The Bertz CT molecular complexity index is 678. The first-order chi connectivity index (χ1) is 11.2. The molecule has 1 aromatic rings. The van der Waals surface area contributed by atoms with Crippen LogP contribution in [0.5, 0.6) is 17.2 Å². The lowest BCUT2D eigenvalue weighted by Crippen LogP contribution is -2.47. The van der Waals surface area contributed by atoms with E-state index >= 15 is 0 Å². The second-order valence-corrected chi connectivity index (χ2v) is 5.96. The molecule has 1 saturated heterocycles. The molecule has 2 heterocycles. The van der Waals surface area contributed by atoms with Crippen LogP contribution < -0.4 is 14.2 Å². The summed E-state index contributed by atoms with van der Waals surface area (Å²) in [5.41, 5.74) is 1.29. The van der Waals surface area contributed by atoms with Gasteiger partial charge in [0.2, 0.25) is 0 Å². The third-order valence-corrected chi connectivity index (χ3v) is 4.68. The minimum absolute atomic E-state index is 0.426. The number of methoxy groups -OCH3 is 2. The number of ether oxygens (including phenoxy) is 4. The van der Waals surface area contributed by atoms with Crippen LogP contribution in [0.2, 0.25) is 0 Å². The zero-order valence-electron chi connectivity index (χ0n) is 13.0. The van der Waals surface area contributed by atoms with Gasteiger partial charge in [-0.25, -0.2) is 0 Å². The van der Waals surface area contributed by atoms with E-state index in [1.165, 1.54) is 0 Å². The van der Waals surface area contributed by atoms with Gasteiger partial charge in [0, 0.05) is 19.2 Å². The highest BCUT2D eigenvalue weighted by atomic mass is 79.9. The quantitative estimate of drug-likeness (QED) is 0.802. The van der Waals surface area contributed by atoms with Gasteiger partial charge in [-0.3, -0.25) is 4.90 Å². The maximum Gasteiger partial charge on any atom is 0.189 e. The number of nitriles is 1. The molecule has 1 unspecified atom stereocenters. The fourth-order valence-corrected chi connectivity index (χ4v) is 3.33. The zero-order valence-corrected chi connectivity index (χ0v) is 14.6. The molecule has 23 heavy (non-hydrogen) atoms. The molecule has 0 amide bonds. The number of fused-ring (bicyclic) bond motifs is 1. The van der Waals surface area contributed by atoms with E-state index in [1.807, 2.05) is 6.08 Å². The molecule has 0 aliphatic carbocycles. The van der Waals surface area contributed by atoms with E-state index in [-0.39, 0.29) is 0 Å². The van der Waals surface area contributed by atoms with E-state index in [9.17, 15) is 5.26 Å². The summed E-state index contributed by atoms with van der Waals surface area (Å²) in [6.07, 6.45) is 1.40.